The summed E-state index contributed by atoms with van der Waals surface area (Å²) in [6.07, 6.45) is 1.36. The first-order valence-electron chi connectivity index (χ1n) is 6.16. The summed E-state index contributed by atoms with van der Waals surface area (Å²) >= 11 is 5.87. The summed E-state index contributed by atoms with van der Waals surface area (Å²) in [4.78, 5) is 12.9. The third-order valence-electron chi connectivity index (χ3n) is 3.23. The summed E-state index contributed by atoms with van der Waals surface area (Å²) in [5, 5.41) is 11.8. The molecule has 0 fully saturated rings. The Morgan fingerprint density at radius 3 is 2.64 bits per heavy atom. The van der Waals surface area contributed by atoms with E-state index in [1.807, 2.05) is 0 Å². The zero-order chi connectivity index (χ0) is 15.9. The lowest BCUT2D eigenvalue weighted by atomic mass is 10.2. The maximum atomic E-state index is 12.7. The van der Waals surface area contributed by atoms with Gasteiger partial charge in [-0.3, -0.25) is 10.1 Å². The van der Waals surface area contributed by atoms with Crippen LogP contribution in [0.4, 0.5) is 5.69 Å². The fourth-order valence-corrected chi connectivity index (χ4v) is 3.83. The predicted molar refractivity (Wildman–Crippen MR) is 81.9 cm³/mol. The number of H-pyrrole nitrogens is 1. The lowest BCUT2D eigenvalue weighted by Gasteiger charge is -2.03. The first-order chi connectivity index (χ1) is 10.4. The van der Waals surface area contributed by atoms with Gasteiger partial charge >= 0.3 is 0 Å². The second-order valence-electron chi connectivity index (χ2n) is 4.60. The van der Waals surface area contributed by atoms with Crippen LogP contribution in [0, 0.1) is 10.1 Å². The molecule has 112 valence electrons. The van der Waals surface area contributed by atoms with Gasteiger partial charge in [0.1, 0.15) is 0 Å². The molecule has 3 rings (SSSR count). The molecule has 0 unspecified atom stereocenters. The topological polar surface area (TPSA) is 93.1 Å². The first kappa shape index (κ1) is 14.6. The average molecular weight is 337 g/mol. The van der Waals surface area contributed by atoms with Gasteiger partial charge in [-0.15, -0.1) is 0 Å². The van der Waals surface area contributed by atoms with Crippen LogP contribution in [0.25, 0.3) is 10.9 Å². The SMILES string of the molecule is O=[N+]([O-])c1cccc(S(=O)(=O)c2c[nH]c3cc(Cl)ccc23)c1. The Morgan fingerprint density at radius 1 is 1.14 bits per heavy atom. The largest absolute Gasteiger partial charge is 0.360 e. The summed E-state index contributed by atoms with van der Waals surface area (Å²) in [5.41, 5.74) is 0.306. The molecular weight excluding hydrogens is 328 g/mol. The van der Waals surface area contributed by atoms with Crippen LogP contribution in [0.2, 0.25) is 5.02 Å². The molecule has 0 aliphatic rings. The van der Waals surface area contributed by atoms with E-state index in [-0.39, 0.29) is 15.5 Å². The van der Waals surface area contributed by atoms with Gasteiger partial charge in [0.15, 0.2) is 0 Å². The molecule has 1 heterocycles. The molecule has 0 amide bonds. The van der Waals surface area contributed by atoms with Crippen LogP contribution in [0.15, 0.2) is 58.5 Å². The zero-order valence-electron chi connectivity index (χ0n) is 11.0. The van der Waals surface area contributed by atoms with Crippen molar-refractivity contribution in [1.82, 2.24) is 4.98 Å². The van der Waals surface area contributed by atoms with Crippen LogP contribution >= 0.6 is 11.6 Å². The summed E-state index contributed by atoms with van der Waals surface area (Å²) < 4.78 is 25.4. The Morgan fingerprint density at radius 2 is 1.91 bits per heavy atom. The first-order valence-corrected chi connectivity index (χ1v) is 8.02. The molecule has 0 radical (unpaired) electrons. The van der Waals surface area contributed by atoms with E-state index in [0.29, 0.717) is 15.9 Å². The lowest BCUT2D eigenvalue weighted by Crippen LogP contribution is -2.02. The summed E-state index contributed by atoms with van der Waals surface area (Å²) in [5.74, 6) is 0. The van der Waals surface area contributed by atoms with Crippen LogP contribution in [-0.4, -0.2) is 18.3 Å². The predicted octanol–water partition coefficient (Wildman–Crippen LogP) is 3.56. The summed E-state index contributed by atoms with van der Waals surface area (Å²) in [7, 11) is -3.87. The van der Waals surface area contributed by atoms with E-state index < -0.39 is 14.8 Å². The molecule has 2 aromatic carbocycles. The second-order valence-corrected chi connectivity index (χ2v) is 6.96. The van der Waals surface area contributed by atoms with Crippen molar-refractivity contribution in [2.24, 2.45) is 0 Å². The number of nitrogens with one attached hydrogen (secondary N) is 1. The Kier molecular flexibility index (Phi) is 3.38. The molecule has 0 aliphatic carbocycles. The highest BCUT2D eigenvalue weighted by Gasteiger charge is 2.23. The average Bonchev–Trinajstić information content (AvgIpc) is 2.91. The summed E-state index contributed by atoms with van der Waals surface area (Å²) in [6, 6.07) is 9.76. The molecule has 0 atom stereocenters. The lowest BCUT2D eigenvalue weighted by molar-refractivity contribution is -0.385. The number of rotatable bonds is 3. The highest BCUT2D eigenvalue weighted by atomic mass is 35.5. The molecule has 3 aromatic rings. The van der Waals surface area contributed by atoms with Crippen molar-refractivity contribution in [3.63, 3.8) is 0 Å². The Balaban J connectivity index is 2.20. The van der Waals surface area contributed by atoms with E-state index in [0.717, 1.165) is 6.07 Å². The van der Waals surface area contributed by atoms with Crippen LogP contribution in [-0.2, 0) is 9.84 Å². The van der Waals surface area contributed by atoms with Crippen LogP contribution in [0.3, 0.4) is 0 Å². The zero-order valence-corrected chi connectivity index (χ0v) is 12.6. The number of nitro groups is 1. The number of non-ortho nitro benzene ring substituents is 1. The maximum Gasteiger partial charge on any atom is 0.270 e. The van der Waals surface area contributed by atoms with Crippen molar-refractivity contribution in [3.05, 3.63) is 63.8 Å². The van der Waals surface area contributed by atoms with Gasteiger partial charge in [-0.25, -0.2) is 8.42 Å². The van der Waals surface area contributed by atoms with E-state index in [9.17, 15) is 18.5 Å². The minimum Gasteiger partial charge on any atom is -0.360 e. The van der Waals surface area contributed by atoms with Gasteiger partial charge in [0, 0.05) is 34.3 Å². The quantitative estimate of drug-likeness (QED) is 0.584. The molecule has 1 aromatic heterocycles. The molecule has 0 saturated carbocycles. The highest BCUT2D eigenvalue weighted by molar-refractivity contribution is 7.91. The van der Waals surface area contributed by atoms with Crippen LogP contribution in [0.1, 0.15) is 0 Å². The number of benzene rings is 2. The third-order valence-corrected chi connectivity index (χ3v) is 5.26. The van der Waals surface area contributed by atoms with Gasteiger partial charge in [-0.2, -0.15) is 0 Å². The fraction of sp³-hybridized carbons (Fsp3) is 0. The van der Waals surface area contributed by atoms with Gasteiger partial charge in [0.05, 0.1) is 14.7 Å². The van der Waals surface area contributed by atoms with E-state index >= 15 is 0 Å². The number of hydrogen-bond donors (Lipinski definition) is 1. The minimum absolute atomic E-state index is 0.0552. The smallest absolute Gasteiger partial charge is 0.270 e. The molecule has 0 bridgehead atoms. The second kappa shape index (κ2) is 5.11. The monoisotopic (exact) mass is 336 g/mol. The van der Waals surface area contributed by atoms with Gasteiger partial charge in [-0.1, -0.05) is 23.7 Å². The Bertz CT molecular complexity index is 995. The number of aromatic amines is 1. The molecule has 0 aliphatic heterocycles. The molecule has 22 heavy (non-hydrogen) atoms. The van der Waals surface area contributed by atoms with E-state index in [2.05, 4.69) is 4.98 Å². The molecule has 6 nitrogen and oxygen atoms in total. The van der Waals surface area contributed by atoms with Crippen LogP contribution in [0.5, 0.6) is 0 Å². The minimum atomic E-state index is -3.87. The number of sulfone groups is 1. The number of nitro benzene ring substituents is 1. The van der Waals surface area contributed by atoms with E-state index in [1.54, 1.807) is 18.2 Å². The number of fused-ring (bicyclic) bond motifs is 1. The highest BCUT2D eigenvalue weighted by Crippen LogP contribution is 2.30. The van der Waals surface area contributed by atoms with Gasteiger partial charge in [0.2, 0.25) is 9.84 Å². The Labute approximate surface area is 130 Å². The van der Waals surface area contributed by atoms with Crippen molar-refractivity contribution < 1.29 is 13.3 Å². The van der Waals surface area contributed by atoms with Crippen molar-refractivity contribution in [2.75, 3.05) is 0 Å². The van der Waals surface area contributed by atoms with Crippen LogP contribution < -0.4 is 0 Å². The molecular formula is C14H9ClN2O4S. The number of halogens is 1. The van der Waals surface area contributed by atoms with Gasteiger partial charge in [0.25, 0.3) is 5.69 Å². The molecule has 1 N–H and O–H groups in total. The van der Waals surface area contributed by atoms with Crippen molar-refractivity contribution in [3.8, 4) is 0 Å². The summed E-state index contributed by atoms with van der Waals surface area (Å²) in [6.45, 7) is 0. The van der Waals surface area contributed by atoms with Crippen molar-refractivity contribution >= 4 is 38.0 Å². The third kappa shape index (κ3) is 2.34. The number of nitrogens with zero attached hydrogens (tertiary/aromatic N) is 1. The van der Waals surface area contributed by atoms with E-state index in [1.165, 1.54) is 24.4 Å². The fourth-order valence-electron chi connectivity index (χ4n) is 2.19. The molecule has 0 saturated heterocycles. The van der Waals surface area contributed by atoms with Gasteiger partial charge < -0.3 is 4.98 Å². The van der Waals surface area contributed by atoms with E-state index in [4.69, 9.17) is 11.6 Å². The van der Waals surface area contributed by atoms with Crippen molar-refractivity contribution in [2.45, 2.75) is 9.79 Å². The van der Waals surface area contributed by atoms with Gasteiger partial charge in [-0.05, 0) is 18.2 Å². The standard InChI is InChI=1S/C14H9ClN2O4S/c15-9-4-5-12-13(6-9)16-8-14(12)22(20,21)11-3-1-2-10(7-11)17(18)19/h1-8,16H. The molecule has 8 heteroatoms. The Hall–Kier alpha value is -2.38. The maximum absolute atomic E-state index is 12.7. The normalized spacial score (nSPS) is 11.7. The molecule has 0 spiro atoms. The number of aromatic nitrogens is 1. The van der Waals surface area contributed by atoms with Crippen molar-refractivity contribution in [1.29, 1.82) is 0 Å². The number of hydrogen-bond acceptors (Lipinski definition) is 4.